The molecule has 2 fully saturated rings. The molecule has 122 valence electrons. The lowest BCUT2D eigenvalue weighted by Crippen LogP contribution is -2.33. The van der Waals surface area contributed by atoms with E-state index in [4.69, 9.17) is 0 Å². The minimum Gasteiger partial charge on any atom is -0.0999 e. The van der Waals surface area contributed by atoms with Crippen LogP contribution in [-0.4, -0.2) is 0 Å². The molecule has 0 nitrogen and oxygen atoms in total. The molecule has 3 aliphatic carbocycles. The van der Waals surface area contributed by atoms with E-state index >= 15 is 0 Å². The van der Waals surface area contributed by atoms with Crippen LogP contribution < -0.4 is 0 Å². The zero-order valence-electron chi connectivity index (χ0n) is 14.9. The maximum atomic E-state index is 4.10. The van der Waals surface area contributed by atoms with Gasteiger partial charge in [-0.1, -0.05) is 69.1 Å². The van der Waals surface area contributed by atoms with Crippen molar-refractivity contribution >= 4 is 0 Å². The zero-order valence-corrected chi connectivity index (χ0v) is 14.9. The number of hydrogen-bond donors (Lipinski definition) is 0. The first-order valence-electron chi connectivity index (χ1n) is 9.52. The fourth-order valence-electron chi connectivity index (χ4n) is 5.42. The summed E-state index contributed by atoms with van der Waals surface area (Å²) in [5.41, 5.74) is 3.55. The van der Waals surface area contributed by atoms with E-state index in [9.17, 15) is 0 Å². The summed E-state index contributed by atoms with van der Waals surface area (Å²) in [5.74, 6) is 3.31. The molecule has 3 unspecified atom stereocenters. The van der Waals surface area contributed by atoms with Gasteiger partial charge >= 0.3 is 0 Å². The standard InChI is InChI=1S/C22H34/c1-16(2)17(3)13-18-9-10-19(14-18)15-20-7-5-11-22(4)12-6-8-21(20)22/h9-10,14,17,19-21H,1,5-8,11-13,15H2,2-4H3/t17-,19?,20?,21?,22+/m0/s1. The second-order valence-corrected chi connectivity index (χ2v) is 8.76. The van der Waals surface area contributed by atoms with Gasteiger partial charge in [-0.05, 0) is 68.1 Å². The van der Waals surface area contributed by atoms with Crippen LogP contribution >= 0.6 is 0 Å². The van der Waals surface area contributed by atoms with E-state index < -0.39 is 0 Å². The lowest BCUT2D eigenvalue weighted by Gasteiger charge is -2.42. The van der Waals surface area contributed by atoms with Crippen LogP contribution in [0.25, 0.3) is 0 Å². The van der Waals surface area contributed by atoms with Gasteiger partial charge in [-0.3, -0.25) is 0 Å². The molecule has 0 heterocycles. The third-order valence-corrected chi connectivity index (χ3v) is 6.99. The van der Waals surface area contributed by atoms with Gasteiger partial charge in [0.1, 0.15) is 0 Å². The molecule has 0 aromatic rings. The first-order valence-corrected chi connectivity index (χ1v) is 9.52. The molecule has 5 atom stereocenters. The van der Waals surface area contributed by atoms with Gasteiger partial charge in [0.25, 0.3) is 0 Å². The molecule has 0 aliphatic heterocycles. The van der Waals surface area contributed by atoms with E-state index in [0.29, 0.717) is 17.3 Å². The summed E-state index contributed by atoms with van der Waals surface area (Å²) in [6.07, 6.45) is 18.9. The highest BCUT2D eigenvalue weighted by atomic mass is 14.5. The van der Waals surface area contributed by atoms with Gasteiger partial charge in [0, 0.05) is 0 Å². The van der Waals surface area contributed by atoms with Crippen molar-refractivity contribution in [2.75, 3.05) is 0 Å². The third-order valence-electron chi connectivity index (χ3n) is 6.99. The predicted molar refractivity (Wildman–Crippen MR) is 96.7 cm³/mol. The fourth-order valence-corrected chi connectivity index (χ4v) is 5.42. The molecule has 0 aromatic carbocycles. The quantitative estimate of drug-likeness (QED) is 0.495. The topological polar surface area (TPSA) is 0 Å². The number of hydrogen-bond acceptors (Lipinski definition) is 0. The monoisotopic (exact) mass is 298 g/mol. The fraction of sp³-hybridized carbons (Fsp3) is 0.727. The van der Waals surface area contributed by atoms with Crippen molar-refractivity contribution in [3.8, 4) is 0 Å². The van der Waals surface area contributed by atoms with Gasteiger partial charge in [0.2, 0.25) is 0 Å². The van der Waals surface area contributed by atoms with Crippen molar-refractivity contribution in [1.82, 2.24) is 0 Å². The molecule has 0 N–H and O–H groups in total. The van der Waals surface area contributed by atoms with Crippen LogP contribution in [0.4, 0.5) is 0 Å². The van der Waals surface area contributed by atoms with Crippen LogP contribution in [0.3, 0.4) is 0 Å². The van der Waals surface area contributed by atoms with Gasteiger partial charge in [-0.25, -0.2) is 0 Å². The minimum atomic E-state index is 0.613. The molecular weight excluding hydrogens is 264 g/mol. The van der Waals surface area contributed by atoms with Crippen molar-refractivity contribution in [3.05, 3.63) is 36.0 Å². The highest BCUT2D eigenvalue weighted by Gasteiger charge is 2.45. The molecule has 0 saturated heterocycles. The Kier molecular flexibility index (Phi) is 4.67. The first kappa shape index (κ1) is 16.1. The lowest BCUT2D eigenvalue weighted by atomic mass is 9.63. The molecule has 3 aliphatic rings. The lowest BCUT2D eigenvalue weighted by molar-refractivity contribution is 0.0802. The van der Waals surface area contributed by atoms with Crippen LogP contribution in [0.1, 0.15) is 72.1 Å². The normalized spacial score (nSPS) is 38.7. The first-order chi connectivity index (χ1) is 10.5. The average Bonchev–Trinajstić information content (AvgIpc) is 3.05. The molecular formula is C22H34. The van der Waals surface area contributed by atoms with Gasteiger partial charge in [0.05, 0.1) is 0 Å². The molecule has 0 spiro atoms. The van der Waals surface area contributed by atoms with Gasteiger partial charge in [-0.2, -0.15) is 0 Å². The maximum Gasteiger partial charge on any atom is -0.00417 e. The Morgan fingerprint density at radius 1 is 1.32 bits per heavy atom. The third kappa shape index (κ3) is 3.26. The van der Waals surface area contributed by atoms with Crippen LogP contribution in [0.5, 0.6) is 0 Å². The molecule has 0 amide bonds. The van der Waals surface area contributed by atoms with Crippen molar-refractivity contribution < 1.29 is 0 Å². The van der Waals surface area contributed by atoms with E-state index in [1.807, 2.05) is 0 Å². The van der Waals surface area contributed by atoms with E-state index in [0.717, 1.165) is 11.8 Å². The van der Waals surface area contributed by atoms with Gasteiger partial charge < -0.3 is 0 Å². The molecule has 0 bridgehead atoms. The van der Waals surface area contributed by atoms with Crippen LogP contribution in [0.15, 0.2) is 36.0 Å². The second kappa shape index (κ2) is 6.38. The Bertz CT molecular complexity index is 480. The molecule has 0 aromatic heterocycles. The van der Waals surface area contributed by atoms with Gasteiger partial charge in [-0.15, -0.1) is 0 Å². The van der Waals surface area contributed by atoms with Crippen molar-refractivity contribution in [2.24, 2.45) is 29.1 Å². The van der Waals surface area contributed by atoms with E-state index in [1.165, 1.54) is 56.9 Å². The summed E-state index contributed by atoms with van der Waals surface area (Å²) in [6.45, 7) is 11.1. The SMILES string of the molecule is C=C(C)[C@@H](C)CC1=CC(CC2CCC[C@]3(C)CCCC23)C=C1. The number of fused-ring (bicyclic) bond motifs is 1. The molecule has 3 rings (SSSR count). The summed E-state index contributed by atoms with van der Waals surface area (Å²) >= 11 is 0. The highest BCUT2D eigenvalue weighted by molar-refractivity contribution is 5.30. The van der Waals surface area contributed by atoms with Gasteiger partial charge in [0.15, 0.2) is 0 Å². The number of allylic oxidation sites excluding steroid dienone is 5. The Labute approximate surface area is 137 Å². The Morgan fingerprint density at radius 3 is 2.77 bits per heavy atom. The summed E-state index contributed by atoms with van der Waals surface area (Å²) in [6, 6.07) is 0. The Morgan fingerprint density at radius 2 is 2.05 bits per heavy atom. The number of rotatable bonds is 5. The average molecular weight is 299 g/mol. The molecule has 0 radical (unpaired) electrons. The van der Waals surface area contributed by atoms with Crippen LogP contribution in [0, 0.1) is 29.1 Å². The zero-order chi connectivity index (χ0) is 15.7. The highest BCUT2D eigenvalue weighted by Crippen LogP contribution is 2.55. The molecule has 0 heteroatoms. The maximum absolute atomic E-state index is 4.10. The smallest absolute Gasteiger partial charge is 0.00417 e. The molecule has 2 saturated carbocycles. The summed E-state index contributed by atoms with van der Waals surface area (Å²) in [4.78, 5) is 0. The van der Waals surface area contributed by atoms with E-state index in [1.54, 1.807) is 5.57 Å². The Hall–Kier alpha value is -0.780. The Balaban J connectivity index is 1.59. The summed E-state index contributed by atoms with van der Waals surface area (Å²) < 4.78 is 0. The van der Waals surface area contributed by atoms with Crippen LogP contribution in [0.2, 0.25) is 0 Å². The predicted octanol–water partition coefficient (Wildman–Crippen LogP) is 6.70. The molecule has 22 heavy (non-hydrogen) atoms. The summed E-state index contributed by atoms with van der Waals surface area (Å²) in [7, 11) is 0. The van der Waals surface area contributed by atoms with Crippen molar-refractivity contribution in [3.63, 3.8) is 0 Å². The summed E-state index contributed by atoms with van der Waals surface area (Å²) in [5, 5.41) is 0. The second-order valence-electron chi connectivity index (χ2n) is 8.76. The van der Waals surface area contributed by atoms with E-state index in [2.05, 4.69) is 45.6 Å². The van der Waals surface area contributed by atoms with Crippen LogP contribution in [-0.2, 0) is 0 Å². The van der Waals surface area contributed by atoms with E-state index in [-0.39, 0.29) is 0 Å². The van der Waals surface area contributed by atoms with Crippen molar-refractivity contribution in [1.29, 1.82) is 0 Å². The largest absolute Gasteiger partial charge is 0.0999 e. The minimum absolute atomic E-state index is 0.613. The van der Waals surface area contributed by atoms with Crippen molar-refractivity contribution in [2.45, 2.75) is 72.1 Å².